The summed E-state index contributed by atoms with van der Waals surface area (Å²) in [7, 11) is 0. The Morgan fingerprint density at radius 2 is 1.92 bits per heavy atom. The first-order chi connectivity index (χ1) is 12.4. The average Bonchev–Trinajstić information content (AvgIpc) is 2.57. The number of ether oxygens (including phenoxy) is 2. The molecule has 0 radical (unpaired) electrons. The maximum atomic E-state index is 13.9. The molecule has 142 valence electrons. The molecule has 0 atom stereocenters. The molecule has 0 heterocycles. The van der Waals surface area contributed by atoms with Crippen LogP contribution in [0.1, 0.15) is 31.9 Å². The summed E-state index contributed by atoms with van der Waals surface area (Å²) in [4.78, 5) is 0. The van der Waals surface area contributed by atoms with Crippen molar-refractivity contribution in [2.45, 2.75) is 33.9 Å². The molecule has 0 aromatic heterocycles. The van der Waals surface area contributed by atoms with Crippen molar-refractivity contribution in [3.63, 3.8) is 0 Å². The fourth-order valence-corrected chi connectivity index (χ4v) is 3.09. The van der Waals surface area contributed by atoms with E-state index in [2.05, 4.69) is 35.1 Å². The largest absolute Gasteiger partial charge is 0.490 e. The molecule has 0 spiro atoms. The monoisotopic (exact) mass is 443 g/mol. The third kappa shape index (κ3) is 5.86. The van der Waals surface area contributed by atoms with Gasteiger partial charge in [0.15, 0.2) is 11.5 Å². The highest BCUT2D eigenvalue weighted by Gasteiger charge is 2.13. The van der Waals surface area contributed by atoms with Crippen molar-refractivity contribution >= 4 is 27.5 Å². The maximum Gasteiger partial charge on any atom is 0.162 e. The van der Waals surface area contributed by atoms with Gasteiger partial charge in [0.05, 0.1) is 11.6 Å². The van der Waals surface area contributed by atoms with E-state index < -0.39 is 0 Å². The first-order valence-corrected chi connectivity index (χ1v) is 9.81. The van der Waals surface area contributed by atoms with E-state index in [0.717, 1.165) is 23.1 Å². The van der Waals surface area contributed by atoms with Gasteiger partial charge in [0.25, 0.3) is 0 Å². The molecule has 0 aliphatic rings. The van der Waals surface area contributed by atoms with Crippen LogP contribution in [-0.4, -0.2) is 13.2 Å². The topological polar surface area (TPSA) is 30.5 Å². The summed E-state index contributed by atoms with van der Waals surface area (Å²) >= 11 is 9.65. The second kappa shape index (κ2) is 10.1. The van der Waals surface area contributed by atoms with Crippen LogP contribution in [0.5, 0.6) is 11.5 Å². The Morgan fingerprint density at radius 1 is 1.19 bits per heavy atom. The molecule has 2 rings (SSSR count). The molecular weight excluding hydrogens is 421 g/mol. The van der Waals surface area contributed by atoms with Crippen LogP contribution in [-0.2, 0) is 13.2 Å². The van der Waals surface area contributed by atoms with Crippen LogP contribution >= 0.6 is 27.5 Å². The lowest BCUT2D eigenvalue weighted by atomic mass is 10.1. The van der Waals surface area contributed by atoms with E-state index in [9.17, 15) is 4.39 Å². The predicted octanol–water partition coefficient (Wildman–Crippen LogP) is 5.96. The molecule has 0 saturated heterocycles. The predicted molar refractivity (Wildman–Crippen MR) is 108 cm³/mol. The zero-order chi connectivity index (χ0) is 19.1. The Balaban J connectivity index is 2.17. The van der Waals surface area contributed by atoms with Crippen LogP contribution < -0.4 is 14.8 Å². The van der Waals surface area contributed by atoms with E-state index in [-0.39, 0.29) is 12.4 Å². The zero-order valence-corrected chi connectivity index (χ0v) is 17.6. The summed E-state index contributed by atoms with van der Waals surface area (Å²) in [6, 6.07) is 8.38. The van der Waals surface area contributed by atoms with E-state index in [4.69, 9.17) is 21.1 Å². The lowest BCUT2D eigenvalue weighted by Crippen LogP contribution is -2.19. The normalized spacial score (nSPS) is 11.0. The molecule has 26 heavy (non-hydrogen) atoms. The molecule has 0 saturated carbocycles. The molecule has 0 unspecified atom stereocenters. The minimum Gasteiger partial charge on any atom is -0.490 e. The number of hydrogen-bond acceptors (Lipinski definition) is 3. The summed E-state index contributed by atoms with van der Waals surface area (Å²) in [6.45, 7) is 8.44. The third-order valence-corrected chi connectivity index (χ3v) is 4.81. The van der Waals surface area contributed by atoms with E-state index in [1.807, 2.05) is 19.1 Å². The van der Waals surface area contributed by atoms with E-state index in [1.54, 1.807) is 12.1 Å². The van der Waals surface area contributed by atoms with Gasteiger partial charge in [0, 0.05) is 16.6 Å². The maximum absolute atomic E-state index is 13.9. The standard InChI is InChI=1S/C20H24BrClFNO2/c1-4-25-19-8-14(11-24-10-13(2)3)16(21)9-20(19)26-12-15-17(22)6-5-7-18(15)23/h5-9,13,24H,4,10-12H2,1-3H3. The molecule has 1 N–H and O–H groups in total. The Labute approximate surface area is 168 Å². The first-order valence-electron chi connectivity index (χ1n) is 8.64. The smallest absolute Gasteiger partial charge is 0.162 e. The van der Waals surface area contributed by atoms with E-state index in [1.165, 1.54) is 6.07 Å². The number of hydrogen-bond donors (Lipinski definition) is 1. The zero-order valence-electron chi connectivity index (χ0n) is 15.2. The van der Waals surface area contributed by atoms with Crippen LogP contribution in [0.3, 0.4) is 0 Å². The van der Waals surface area contributed by atoms with Crippen molar-refractivity contribution in [3.8, 4) is 11.5 Å². The van der Waals surface area contributed by atoms with Gasteiger partial charge in [-0.2, -0.15) is 0 Å². The molecule has 0 aliphatic heterocycles. The summed E-state index contributed by atoms with van der Waals surface area (Å²) < 4.78 is 26.4. The molecule has 2 aromatic carbocycles. The molecular formula is C20H24BrClFNO2. The lowest BCUT2D eigenvalue weighted by molar-refractivity contribution is 0.265. The molecule has 0 aliphatic carbocycles. The number of nitrogens with one attached hydrogen (secondary N) is 1. The lowest BCUT2D eigenvalue weighted by Gasteiger charge is -2.16. The summed E-state index contributed by atoms with van der Waals surface area (Å²) in [5, 5.41) is 3.75. The minimum atomic E-state index is -0.385. The van der Waals surface area contributed by atoms with Gasteiger partial charge in [-0.05, 0) is 49.2 Å². The average molecular weight is 445 g/mol. The summed E-state index contributed by atoms with van der Waals surface area (Å²) in [6.07, 6.45) is 0. The first kappa shape index (κ1) is 21.0. The van der Waals surface area contributed by atoms with Gasteiger partial charge < -0.3 is 14.8 Å². The minimum absolute atomic E-state index is 0.0307. The van der Waals surface area contributed by atoms with Gasteiger partial charge in [0.1, 0.15) is 12.4 Å². The Hall–Kier alpha value is -1.30. The molecule has 0 fully saturated rings. The van der Waals surface area contributed by atoms with Crippen molar-refractivity contribution in [2.75, 3.05) is 13.2 Å². The Bertz CT molecular complexity index is 720. The highest BCUT2D eigenvalue weighted by Crippen LogP contribution is 2.35. The van der Waals surface area contributed by atoms with Crippen molar-refractivity contribution in [1.82, 2.24) is 5.32 Å². The van der Waals surface area contributed by atoms with Crippen LogP contribution in [0.4, 0.5) is 4.39 Å². The summed E-state index contributed by atoms with van der Waals surface area (Å²) in [5.41, 5.74) is 1.40. The molecule has 6 heteroatoms. The third-order valence-electron chi connectivity index (χ3n) is 3.71. The highest BCUT2D eigenvalue weighted by atomic mass is 79.9. The van der Waals surface area contributed by atoms with Gasteiger partial charge in [-0.15, -0.1) is 0 Å². The fraction of sp³-hybridized carbons (Fsp3) is 0.400. The van der Waals surface area contributed by atoms with Gasteiger partial charge in [-0.25, -0.2) is 4.39 Å². The SMILES string of the molecule is CCOc1cc(CNCC(C)C)c(Br)cc1OCc1c(F)cccc1Cl. The van der Waals surface area contributed by atoms with Gasteiger partial charge in [-0.1, -0.05) is 47.4 Å². The van der Waals surface area contributed by atoms with E-state index >= 15 is 0 Å². The van der Waals surface area contributed by atoms with Crippen LogP contribution in [0.2, 0.25) is 5.02 Å². The quantitative estimate of drug-likeness (QED) is 0.517. The Morgan fingerprint density at radius 3 is 2.58 bits per heavy atom. The van der Waals surface area contributed by atoms with Crippen LogP contribution in [0.15, 0.2) is 34.8 Å². The van der Waals surface area contributed by atoms with Gasteiger partial charge in [0.2, 0.25) is 0 Å². The summed E-state index contributed by atoms with van der Waals surface area (Å²) in [5.74, 6) is 1.37. The van der Waals surface area contributed by atoms with Crippen LogP contribution in [0, 0.1) is 11.7 Å². The van der Waals surface area contributed by atoms with Crippen molar-refractivity contribution < 1.29 is 13.9 Å². The van der Waals surface area contributed by atoms with Crippen molar-refractivity contribution in [1.29, 1.82) is 0 Å². The van der Waals surface area contributed by atoms with Gasteiger partial charge in [-0.3, -0.25) is 0 Å². The van der Waals surface area contributed by atoms with Gasteiger partial charge >= 0.3 is 0 Å². The molecule has 0 bridgehead atoms. The molecule has 0 amide bonds. The molecule has 3 nitrogen and oxygen atoms in total. The highest BCUT2D eigenvalue weighted by molar-refractivity contribution is 9.10. The van der Waals surface area contributed by atoms with Crippen molar-refractivity contribution in [3.05, 3.63) is 56.8 Å². The molecule has 2 aromatic rings. The number of benzene rings is 2. The van der Waals surface area contributed by atoms with Crippen LogP contribution in [0.25, 0.3) is 0 Å². The Kier molecular flexibility index (Phi) is 8.19. The van der Waals surface area contributed by atoms with E-state index in [0.29, 0.717) is 34.6 Å². The fourth-order valence-electron chi connectivity index (χ4n) is 2.41. The van der Waals surface area contributed by atoms with Crippen molar-refractivity contribution in [2.24, 2.45) is 5.92 Å². The number of rotatable bonds is 9. The second-order valence-corrected chi connectivity index (χ2v) is 7.60. The number of halogens is 3. The second-order valence-electron chi connectivity index (χ2n) is 6.34.